The number of alkyl carbamates (subject to hydrolysis) is 1. The highest BCUT2D eigenvalue weighted by atomic mass is 16.6. The molecular formula is C30H37N3O4. The van der Waals surface area contributed by atoms with Crippen LogP contribution in [0.15, 0.2) is 60.7 Å². The fourth-order valence-electron chi connectivity index (χ4n) is 4.51. The zero-order chi connectivity index (χ0) is 26.8. The zero-order valence-electron chi connectivity index (χ0n) is 21.9. The highest BCUT2D eigenvalue weighted by Gasteiger charge is 2.36. The van der Waals surface area contributed by atoms with Crippen LogP contribution in [0.4, 0.5) is 4.79 Å². The molecule has 0 bridgehead atoms. The first-order chi connectivity index (χ1) is 17.7. The van der Waals surface area contributed by atoms with Crippen LogP contribution in [0.3, 0.4) is 0 Å². The Bertz CT molecular complexity index is 1080. The van der Waals surface area contributed by atoms with Crippen molar-refractivity contribution < 1.29 is 19.1 Å². The maximum atomic E-state index is 13.9. The minimum atomic E-state index is -1.04. The maximum Gasteiger partial charge on any atom is 0.408 e. The van der Waals surface area contributed by atoms with E-state index < -0.39 is 29.7 Å². The van der Waals surface area contributed by atoms with Gasteiger partial charge < -0.3 is 15.4 Å². The first-order valence-electron chi connectivity index (χ1n) is 12.9. The fourth-order valence-corrected chi connectivity index (χ4v) is 4.51. The van der Waals surface area contributed by atoms with Crippen LogP contribution in [0.2, 0.25) is 0 Å². The van der Waals surface area contributed by atoms with E-state index in [4.69, 9.17) is 11.2 Å². The lowest BCUT2D eigenvalue weighted by atomic mass is 9.94. The van der Waals surface area contributed by atoms with Crippen LogP contribution in [0.1, 0.15) is 70.0 Å². The summed E-state index contributed by atoms with van der Waals surface area (Å²) >= 11 is 0. The monoisotopic (exact) mass is 503 g/mol. The Morgan fingerprint density at radius 1 is 1.00 bits per heavy atom. The number of rotatable bonds is 8. The summed E-state index contributed by atoms with van der Waals surface area (Å²) in [6.07, 6.45) is 10.4. The summed E-state index contributed by atoms with van der Waals surface area (Å²) < 4.78 is 5.41. The molecule has 2 N–H and O–H groups in total. The molecule has 2 unspecified atom stereocenters. The predicted molar refractivity (Wildman–Crippen MR) is 143 cm³/mol. The number of benzene rings is 2. The smallest absolute Gasteiger partial charge is 0.408 e. The van der Waals surface area contributed by atoms with Crippen molar-refractivity contribution in [3.63, 3.8) is 0 Å². The van der Waals surface area contributed by atoms with Gasteiger partial charge in [0, 0.05) is 18.5 Å². The number of carbonyl (C=O) groups excluding carboxylic acids is 3. The summed E-state index contributed by atoms with van der Waals surface area (Å²) in [4.78, 5) is 41.3. The summed E-state index contributed by atoms with van der Waals surface area (Å²) in [5, 5.41) is 5.79. The van der Waals surface area contributed by atoms with Gasteiger partial charge in [-0.2, -0.15) is 0 Å². The molecule has 2 atom stereocenters. The van der Waals surface area contributed by atoms with Crippen molar-refractivity contribution in [2.24, 2.45) is 0 Å². The van der Waals surface area contributed by atoms with Gasteiger partial charge in [-0.1, -0.05) is 86.3 Å². The van der Waals surface area contributed by atoms with Gasteiger partial charge in [-0.15, -0.1) is 0 Å². The SMILES string of the molecule is C#CN(C(=O)C(Cc1ccccc1)NC(=O)OC(C)(C)C)C(C(=O)NC1CCCCC1)c1ccccc1. The number of hydrogen-bond donors (Lipinski definition) is 2. The number of terminal acetylenes is 1. The Morgan fingerprint density at radius 2 is 1.59 bits per heavy atom. The summed E-state index contributed by atoms with van der Waals surface area (Å²) in [5.41, 5.74) is 0.678. The number of carbonyl (C=O) groups is 3. The first-order valence-corrected chi connectivity index (χ1v) is 12.9. The molecule has 0 heterocycles. The molecule has 1 fully saturated rings. The molecule has 2 aromatic carbocycles. The summed E-state index contributed by atoms with van der Waals surface area (Å²) in [6, 6.07) is 18.7. The molecule has 0 radical (unpaired) electrons. The van der Waals surface area contributed by atoms with Crippen LogP contribution in [0.5, 0.6) is 0 Å². The van der Waals surface area contributed by atoms with E-state index in [2.05, 4.69) is 16.7 Å². The summed E-state index contributed by atoms with van der Waals surface area (Å²) in [6.45, 7) is 5.24. The van der Waals surface area contributed by atoms with Gasteiger partial charge in [-0.3, -0.25) is 14.5 Å². The van der Waals surface area contributed by atoms with Crippen LogP contribution in [0, 0.1) is 12.5 Å². The van der Waals surface area contributed by atoms with E-state index in [-0.39, 0.29) is 18.4 Å². The number of amides is 3. The van der Waals surface area contributed by atoms with Crippen molar-refractivity contribution in [3.8, 4) is 12.5 Å². The maximum absolute atomic E-state index is 13.9. The molecular weight excluding hydrogens is 466 g/mol. The molecule has 0 saturated heterocycles. The second kappa shape index (κ2) is 13.0. The Morgan fingerprint density at radius 3 is 2.16 bits per heavy atom. The standard InChI is InChI=1S/C30H37N3O4/c1-5-33(26(23-17-11-7-12-18-23)27(34)31-24-19-13-8-14-20-24)28(35)25(21-22-15-9-6-10-16-22)32-29(36)37-30(2,3)4/h1,6-7,9-12,15-18,24-26H,8,13-14,19-21H2,2-4H3,(H,31,34)(H,32,36). The quantitative estimate of drug-likeness (QED) is 0.403. The minimum absolute atomic E-state index is 0.0437. The zero-order valence-corrected chi connectivity index (χ0v) is 21.9. The molecule has 7 nitrogen and oxygen atoms in total. The van der Waals surface area contributed by atoms with Crippen molar-refractivity contribution in [3.05, 3.63) is 71.8 Å². The Hall–Kier alpha value is -3.79. The molecule has 0 aliphatic heterocycles. The average molecular weight is 504 g/mol. The topological polar surface area (TPSA) is 87.7 Å². The molecule has 1 saturated carbocycles. The summed E-state index contributed by atoms with van der Waals surface area (Å²) in [7, 11) is 0. The van der Waals surface area contributed by atoms with Crippen LogP contribution < -0.4 is 10.6 Å². The molecule has 2 aromatic rings. The van der Waals surface area contributed by atoms with Crippen molar-refractivity contribution >= 4 is 17.9 Å². The lowest BCUT2D eigenvalue weighted by Gasteiger charge is -2.32. The number of hydrogen-bond acceptors (Lipinski definition) is 4. The third-order valence-electron chi connectivity index (χ3n) is 6.22. The van der Waals surface area contributed by atoms with Crippen LogP contribution >= 0.6 is 0 Å². The van der Waals surface area contributed by atoms with Gasteiger partial charge in [0.25, 0.3) is 5.91 Å². The van der Waals surface area contributed by atoms with E-state index in [1.165, 1.54) is 0 Å². The minimum Gasteiger partial charge on any atom is -0.444 e. The van der Waals surface area contributed by atoms with E-state index in [0.717, 1.165) is 42.6 Å². The van der Waals surface area contributed by atoms with Gasteiger partial charge >= 0.3 is 6.09 Å². The Labute approximate surface area is 220 Å². The largest absolute Gasteiger partial charge is 0.444 e. The highest BCUT2D eigenvalue weighted by Crippen LogP contribution is 2.25. The Balaban J connectivity index is 1.91. The van der Waals surface area contributed by atoms with Crippen LogP contribution in [-0.2, 0) is 20.7 Å². The predicted octanol–water partition coefficient (Wildman–Crippen LogP) is 4.73. The molecule has 0 spiro atoms. The third-order valence-corrected chi connectivity index (χ3v) is 6.22. The molecule has 1 aliphatic carbocycles. The van der Waals surface area contributed by atoms with E-state index in [1.807, 2.05) is 36.4 Å². The van der Waals surface area contributed by atoms with E-state index in [9.17, 15) is 14.4 Å². The first kappa shape index (κ1) is 27.8. The number of nitrogens with zero attached hydrogens (tertiary/aromatic N) is 1. The molecule has 1 aliphatic rings. The van der Waals surface area contributed by atoms with Crippen molar-refractivity contribution in [1.29, 1.82) is 0 Å². The molecule has 196 valence electrons. The average Bonchev–Trinajstić information content (AvgIpc) is 2.87. The number of nitrogens with one attached hydrogen (secondary N) is 2. The number of ether oxygens (including phenoxy) is 1. The van der Waals surface area contributed by atoms with Crippen molar-refractivity contribution in [1.82, 2.24) is 15.5 Å². The van der Waals surface area contributed by atoms with Crippen molar-refractivity contribution in [2.75, 3.05) is 0 Å². The van der Waals surface area contributed by atoms with E-state index >= 15 is 0 Å². The second-order valence-electron chi connectivity index (χ2n) is 10.4. The van der Waals surface area contributed by atoms with Crippen LogP contribution in [-0.4, -0.2) is 40.5 Å². The fraction of sp³-hybridized carbons (Fsp3) is 0.433. The lowest BCUT2D eigenvalue weighted by molar-refractivity contribution is -0.139. The van der Waals surface area contributed by atoms with Gasteiger partial charge in [0.1, 0.15) is 17.7 Å². The summed E-state index contributed by atoms with van der Waals surface area (Å²) in [5.74, 6) is -0.898. The molecule has 7 heteroatoms. The van der Waals surface area contributed by atoms with E-state index in [1.54, 1.807) is 45.0 Å². The highest BCUT2D eigenvalue weighted by molar-refractivity contribution is 5.93. The molecule has 3 rings (SSSR count). The Kier molecular flexibility index (Phi) is 9.73. The molecule has 0 aromatic heterocycles. The van der Waals surface area contributed by atoms with Gasteiger partial charge in [0.05, 0.1) is 0 Å². The van der Waals surface area contributed by atoms with Gasteiger partial charge in [0.15, 0.2) is 0 Å². The second-order valence-corrected chi connectivity index (χ2v) is 10.4. The molecule has 37 heavy (non-hydrogen) atoms. The van der Waals surface area contributed by atoms with Crippen molar-refractivity contribution in [2.45, 2.75) is 83.0 Å². The molecule has 3 amide bonds. The third kappa shape index (κ3) is 8.38. The lowest BCUT2D eigenvalue weighted by Crippen LogP contribution is -2.53. The van der Waals surface area contributed by atoms with Crippen LogP contribution in [0.25, 0.3) is 0 Å². The normalized spacial score (nSPS) is 15.5. The van der Waals surface area contributed by atoms with Gasteiger partial charge in [0.2, 0.25) is 5.91 Å². The van der Waals surface area contributed by atoms with Gasteiger partial charge in [-0.25, -0.2) is 4.79 Å². The van der Waals surface area contributed by atoms with E-state index in [0.29, 0.717) is 5.56 Å². The van der Waals surface area contributed by atoms with Gasteiger partial charge in [-0.05, 0) is 44.7 Å².